The van der Waals surface area contributed by atoms with Crippen LogP contribution in [0.4, 0.5) is 4.79 Å². The van der Waals surface area contributed by atoms with Crippen LogP contribution in [-0.4, -0.2) is 49.1 Å². The van der Waals surface area contributed by atoms with Gasteiger partial charge >= 0.3 is 6.03 Å². The van der Waals surface area contributed by atoms with Crippen molar-refractivity contribution in [1.82, 2.24) is 15.1 Å². The third-order valence-corrected chi connectivity index (χ3v) is 4.77. The lowest BCUT2D eigenvalue weighted by Gasteiger charge is -2.20. The summed E-state index contributed by atoms with van der Waals surface area (Å²) in [7, 11) is 4.13. The minimum atomic E-state index is 0.00459. The fourth-order valence-electron chi connectivity index (χ4n) is 3.12. The second-order valence-corrected chi connectivity index (χ2v) is 6.93. The molecule has 0 aromatic heterocycles. The molecule has 1 aliphatic rings. The summed E-state index contributed by atoms with van der Waals surface area (Å²) in [4.78, 5) is 16.4. The number of nitrogens with one attached hydrogen (secondary N) is 1. The molecule has 0 saturated carbocycles. The van der Waals surface area contributed by atoms with E-state index in [0.717, 1.165) is 36.4 Å². The molecule has 0 radical (unpaired) electrons. The van der Waals surface area contributed by atoms with Gasteiger partial charge in [-0.1, -0.05) is 42.5 Å². The predicted octanol–water partition coefficient (Wildman–Crippen LogP) is 3.11. The van der Waals surface area contributed by atoms with E-state index < -0.39 is 0 Å². The first-order valence-electron chi connectivity index (χ1n) is 9.06. The topological polar surface area (TPSA) is 44.8 Å². The maximum Gasteiger partial charge on any atom is 0.317 e. The molecular weight excluding hydrogens is 326 g/mol. The fraction of sp³-hybridized carbons (Fsp3) is 0.381. The number of hydrogen-bond donors (Lipinski definition) is 1. The molecule has 5 heteroatoms. The molecule has 1 saturated heterocycles. The monoisotopic (exact) mass is 353 g/mol. The van der Waals surface area contributed by atoms with E-state index in [-0.39, 0.29) is 6.03 Å². The Labute approximate surface area is 155 Å². The van der Waals surface area contributed by atoms with Gasteiger partial charge in [-0.15, -0.1) is 0 Å². The van der Waals surface area contributed by atoms with Crippen LogP contribution >= 0.6 is 0 Å². The Hall–Kier alpha value is -2.53. The fourth-order valence-corrected chi connectivity index (χ4v) is 3.12. The van der Waals surface area contributed by atoms with Crippen LogP contribution in [0.15, 0.2) is 54.6 Å². The third kappa shape index (κ3) is 4.99. The predicted molar refractivity (Wildman–Crippen MR) is 103 cm³/mol. The van der Waals surface area contributed by atoms with Gasteiger partial charge in [-0.25, -0.2) is 4.79 Å². The number of amides is 2. The number of rotatable bonds is 6. The molecule has 0 bridgehead atoms. The van der Waals surface area contributed by atoms with Gasteiger partial charge in [0.25, 0.3) is 0 Å². The zero-order valence-corrected chi connectivity index (χ0v) is 15.5. The first kappa shape index (κ1) is 18.3. The average Bonchev–Trinajstić information content (AvgIpc) is 3.16. The van der Waals surface area contributed by atoms with Crippen molar-refractivity contribution >= 4 is 6.03 Å². The molecule has 1 fully saturated rings. The summed E-state index contributed by atoms with van der Waals surface area (Å²) >= 11 is 0. The van der Waals surface area contributed by atoms with Gasteiger partial charge in [0.1, 0.15) is 12.4 Å². The molecular formula is C21H27N3O2. The minimum absolute atomic E-state index is 0.00459. The number of benzene rings is 2. The van der Waals surface area contributed by atoms with Gasteiger partial charge in [0.05, 0.1) is 0 Å². The molecule has 26 heavy (non-hydrogen) atoms. The van der Waals surface area contributed by atoms with Gasteiger partial charge in [-0.05, 0) is 43.8 Å². The lowest BCUT2D eigenvalue weighted by Crippen LogP contribution is -2.40. The summed E-state index contributed by atoms with van der Waals surface area (Å²) < 4.78 is 5.85. The standard InChI is InChI=1S/C21H27N3O2/c1-23(2)19-11-12-24(15-19)21(25)22-14-18-9-6-10-20(13-18)26-16-17-7-4-3-5-8-17/h3-10,13,19H,11-12,14-16H2,1-2H3,(H,22,25)/t19-/m1/s1. The Morgan fingerprint density at radius 3 is 2.65 bits per heavy atom. The van der Waals surface area contributed by atoms with Gasteiger partial charge in [0, 0.05) is 25.7 Å². The highest BCUT2D eigenvalue weighted by Crippen LogP contribution is 2.16. The molecule has 1 atom stereocenters. The van der Waals surface area contributed by atoms with Crippen molar-refractivity contribution in [1.29, 1.82) is 0 Å². The first-order chi connectivity index (χ1) is 12.6. The van der Waals surface area contributed by atoms with Crippen LogP contribution in [0.3, 0.4) is 0 Å². The van der Waals surface area contributed by atoms with E-state index in [1.54, 1.807) is 0 Å². The van der Waals surface area contributed by atoms with Crippen molar-refractivity contribution in [2.24, 2.45) is 0 Å². The van der Waals surface area contributed by atoms with Gasteiger partial charge in [-0.3, -0.25) is 0 Å². The van der Waals surface area contributed by atoms with Crippen LogP contribution in [-0.2, 0) is 13.2 Å². The molecule has 1 heterocycles. The molecule has 5 nitrogen and oxygen atoms in total. The Morgan fingerprint density at radius 2 is 1.92 bits per heavy atom. The number of carbonyl (C=O) groups is 1. The van der Waals surface area contributed by atoms with E-state index in [4.69, 9.17) is 4.74 Å². The molecule has 2 aromatic rings. The van der Waals surface area contributed by atoms with Gasteiger partial charge in [-0.2, -0.15) is 0 Å². The Morgan fingerprint density at radius 1 is 1.15 bits per heavy atom. The summed E-state index contributed by atoms with van der Waals surface area (Å²) in [5, 5.41) is 3.01. The zero-order chi connectivity index (χ0) is 18.4. The first-order valence-corrected chi connectivity index (χ1v) is 9.06. The molecule has 0 unspecified atom stereocenters. The zero-order valence-electron chi connectivity index (χ0n) is 15.5. The van der Waals surface area contributed by atoms with Gasteiger partial charge < -0.3 is 19.9 Å². The minimum Gasteiger partial charge on any atom is -0.489 e. The Bertz CT molecular complexity index is 718. The molecule has 1 N–H and O–H groups in total. The molecule has 0 spiro atoms. The Balaban J connectivity index is 1.48. The molecule has 0 aliphatic carbocycles. The van der Waals surface area contributed by atoms with Crippen LogP contribution in [0.5, 0.6) is 5.75 Å². The van der Waals surface area contributed by atoms with Crippen molar-refractivity contribution in [3.05, 3.63) is 65.7 Å². The molecule has 3 rings (SSSR count). The smallest absolute Gasteiger partial charge is 0.317 e. The highest BCUT2D eigenvalue weighted by atomic mass is 16.5. The molecule has 138 valence electrons. The average molecular weight is 353 g/mol. The SMILES string of the molecule is CN(C)[C@@H]1CCN(C(=O)NCc2cccc(OCc3ccccc3)c2)C1. The highest BCUT2D eigenvalue weighted by Gasteiger charge is 2.27. The normalized spacial score (nSPS) is 16.7. The third-order valence-electron chi connectivity index (χ3n) is 4.77. The molecule has 2 aromatic carbocycles. The lowest BCUT2D eigenvalue weighted by atomic mass is 10.2. The van der Waals surface area contributed by atoms with E-state index in [0.29, 0.717) is 19.2 Å². The summed E-state index contributed by atoms with van der Waals surface area (Å²) in [5.74, 6) is 0.814. The Kier molecular flexibility index (Phi) is 6.12. The summed E-state index contributed by atoms with van der Waals surface area (Å²) in [6.07, 6.45) is 1.03. The van der Waals surface area contributed by atoms with E-state index in [1.807, 2.05) is 59.5 Å². The highest BCUT2D eigenvalue weighted by molar-refractivity contribution is 5.74. The summed E-state index contributed by atoms with van der Waals surface area (Å²) in [5.41, 5.74) is 2.17. The number of urea groups is 1. The number of nitrogens with zero attached hydrogens (tertiary/aromatic N) is 2. The summed E-state index contributed by atoms with van der Waals surface area (Å²) in [6, 6.07) is 18.4. The van der Waals surface area contributed by atoms with Crippen molar-refractivity contribution < 1.29 is 9.53 Å². The van der Waals surface area contributed by atoms with Crippen molar-refractivity contribution in [2.45, 2.75) is 25.6 Å². The molecule has 1 aliphatic heterocycles. The number of carbonyl (C=O) groups excluding carboxylic acids is 1. The van der Waals surface area contributed by atoms with Crippen molar-refractivity contribution in [2.75, 3.05) is 27.2 Å². The number of likely N-dealkylation sites (N-methyl/N-ethyl adjacent to an activating group) is 1. The van der Waals surface area contributed by atoms with Gasteiger partial charge in [0.15, 0.2) is 0 Å². The van der Waals surface area contributed by atoms with E-state index >= 15 is 0 Å². The van der Waals surface area contributed by atoms with Crippen molar-refractivity contribution in [3.63, 3.8) is 0 Å². The van der Waals surface area contributed by atoms with E-state index in [1.165, 1.54) is 0 Å². The van der Waals surface area contributed by atoms with Crippen LogP contribution in [0.2, 0.25) is 0 Å². The van der Waals surface area contributed by atoms with E-state index in [2.05, 4.69) is 24.3 Å². The number of hydrogen-bond acceptors (Lipinski definition) is 3. The maximum atomic E-state index is 12.3. The van der Waals surface area contributed by atoms with Crippen molar-refractivity contribution in [3.8, 4) is 5.75 Å². The lowest BCUT2D eigenvalue weighted by molar-refractivity contribution is 0.203. The summed E-state index contributed by atoms with van der Waals surface area (Å²) in [6.45, 7) is 2.65. The largest absolute Gasteiger partial charge is 0.489 e. The number of likely N-dealkylation sites (tertiary alicyclic amines) is 1. The van der Waals surface area contributed by atoms with Crippen LogP contribution in [0, 0.1) is 0 Å². The maximum absolute atomic E-state index is 12.3. The van der Waals surface area contributed by atoms with Gasteiger partial charge in [0.2, 0.25) is 0 Å². The second kappa shape index (κ2) is 8.72. The van der Waals surface area contributed by atoms with Crippen LogP contribution in [0.25, 0.3) is 0 Å². The molecule has 2 amide bonds. The van der Waals surface area contributed by atoms with Crippen LogP contribution < -0.4 is 10.1 Å². The quantitative estimate of drug-likeness (QED) is 0.868. The number of ether oxygens (including phenoxy) is 1. The van der Waals surface area contributed by atoms with E-state index in [9.17, 15) is 4.79 Å². The second-order valence-electron chi connectivity index (χ2n) is 6.93. The van der Waals surface area contributed by atoms with Crippen LogP contribution in [0.1, 0.15) is 17.5 Å².